The normalized spacial score (nSPS) is 43.1. The summed E-state index contributed by atoms with van der Waals surface area (Å²) in [5.41, 5.74) is 2.05. The van der Waals surface area contributed by atoms with Crippen molar-refractivity contribution in [2.24, 2.45) is 52.3 Å². The van der Waals surface area contributed by atoms with Gasteiger partial charge in [0.1, 0.15) is 0 Å². The van der Waals surface area contributed by atoms with Crippen molar-refractivity contribution in [2.45, 2.75) is 111 Å². The summed E-state index contributed by atoms with van der Waals surface area (Å²) >= 11 is 0. The molecule has 3 fully saturated rings. The zero-order valence-electron chi connectivity index (χ0n) is 21.2. The maximum Gasteiger partial charge on any atom is 0.338 e. The maximum absolute atomic E-state index is 14.3. The highest BCUT2D eigenvalue weighted by Gasteiger charge is 2.59. The van der Waals surface area contributed by atoms with E-state index in [0.717, 1.165) is 48.9 Å². The summed E-state index contributed by atoms with van der Waals surface area (Å²) in [6.45, 7) is 12.3. The Balaban J connectivity index is 1.48. The Kier molecular flexibility index (Phi) is 6.87. The average Bonchev–Trinajstić information content (AvgIpc) is 3.09. The Morgan fingerprint density at radius 3 is 2.53 bits per heavy atom. The van der Waals surface area contributed by atoms with E-state index in [4.69, 9.17) is 5.11 Å². The number of aliphatic carboxylic acids is 1. The fourth-order valence-corrected chi connectivity index (χ4v) is 9.17. The molecule has 9 atom stereocenters. The van der Waals surface area contributed by atoms with Gasteiger partial charge in [-0.15, -0.1) is 0 Å². The van der Waals surface area contributed by atoms with Gasteiger partial charge in [0, 0.05) is 5.92 Å². The van der Waals surface area contributed by atoms with Gasteiger partial charge in [0.05, 0.1) is 0 Å². The van der Waals surface area contributed by atoms with Crippen LogP contribution in [-0.4, -0.2) is 17.2 Å². The fourth-order valence-electron chi connectivity index (χ4n) is 9.17. The second-order valence-corrected chi connectivity index (χ2v) is 13.0. The van der Waals surface area contributed by atoms with Gasteiger partial charge in [-0.3, -0.25) is 0 Å². The zero-order chi connectivity index (χ0) is 23.3. The molecule has 4 aliphatic carbocycles. The van der Waals surface area contributed by atoms with Crippen molar-refractivity contribution in [3.63, 3.8) is 0 Å². The third-order valence-electron chi connectivity index (χ3n) is 11.0. The molecule has 2 nitrogen and oxygen atoms in total. The quantitative estimate of drug-likeness (QED) is 0.401. The van der Waals surface area contributed by atoms with E-state index in [0.29, 0.717) is 17.8 Å². The molecule has 4 aliphatic rings. The minimum absolute atomic E-state index is 0.167. The predicted octanol–water partition coefficient (Wildman–Crippen LogP) is 8.07. The molecule has 0 bridgehead atoms. The molecule has 0 radical (unpaired) electrons. The van der Waals surface area contributed by atoms with Crippen molar-refractivity contribution in [2.75, 3.05) is 0 Å². The summed E-state index contributed by atoms with van der Waals surface area (Å²) in [6.07, 6.45) is 13.8. The van der Waals surface area contributed by atoms with Crippen LogP contribution in [0.3, 0.4) is 0 Å². The molecule has 0 heterocycles. The number of fused-ring (bicyclic) bond motifs is 5. The molecular weight excluding hydrogens is 399 g/mol. The number of rotatable bonds is 7. The first kappa shape index (κ1) is 24.3. The van der Waals surface area contributed by atoms with Gasteiger partial charge in [-0.05, 0) is 97.7 Å². The molecule has 0 spiro atoms. The first-order valence-corrected chi connectivity index (χ1v) is 13.6. The first-order valence-electron chi connectivity index (χ1n) is 13.6. The number of allylic oxidation sites excluding steroid dienone is 2. The van der Waals surface area contributed by atoms with Crippen molar-refractivity contribution in [3.05, 3.63) is 11.6 Å². The van der Waals surface area contributed by atoms with E-state index in [2.05, 4.69) is 40.7 Å². The van der Waals surface area contributed by atoms with Crippen LogP contribution in [0.5, 0.6) is 0 Å². The van der Waals surface area contributed by atoms with Crippen LogP contribution in [0.1, 0.15) is 105 Å². The van der Waals surface area contributed by atoms with Crippen molar-refractivity contribution in [3.8, 4) is 0 Å². The van der Waals surface area contributed by atoms with E-state index < -0.39 is 12.1 Å². The molecule has 0 saturated heterocycles. The summed E-state index contributed by atoms with van der Waals surface area (Å²) in [5.74, 6) is 3.22. The average molecular weight is 447 g/mol. The Morgan fingerprint density at radius 2 is 1.84 bits per heavy atom. The summed E-state index contributed by atoms with van der Waals surface area (Å²) < 4.78 is 14.3. The minimum Gasteiger partial charge on any atom is -0.479 e. The number of carboxylic acids is 1. The molecule has 182 valence electrons. The van der Waals surface area contributed by atoms with Crippen LogP contribution in [0.15, 0.2) is 11.6 Å². The lowest BCUT2D eigenvalue weighted by Crippen LogP contribution is -2.51. The van der Waals surface area contributed by atoms with Crippen molar-refractivity contribution >= 4 is 5.97 Å². The van der Waals surface area contributed by atoms with Crippen molar-refractivity contribution in [1.82, 2.24) is 0 Å². The largest absolute Gasteiger partial charge is 0.479 e. The molecule has 4 rings (SSSR count). The van der Waals surface area contributed by atoms with Gasteiger partial charge < -0.3 is 5.11 Å². The van der Waals surface area contributed by atoms with Crippen LogP contribution in [-0.2, 0) is 4.79 Å². The van der Waals surface area contributed by atoms with E-state index in [9.17, 15) is 9.18 Å². The zero-order valence-corrected chi connectivity index (χ0v) is 21.2. The first-order chi connectivity index (χ1) is 15.1. The smallest absolute Gasteiger partial charge is 0.338 e. The second-order valence-electron chi connectivity index (χ2n) is 13.0. The molecule has 32 heavy (non-hydrogen) atoms. The van der Waals surface area contributed by atoms with E-state index in [1.807, 2.05) is 0 Å². The summed E-state index contributed by atoms with van der Waals surface area (Å²) in [4.78, 5) is 11.2. The lowest BCUT2D eigenvalue weighted by Gasteiger charge is -2.58. The molecule has 3 saturated carbocycles. The second kappa shape index (κ2) is 9.06. The maximum atomic E-state index is 14.3. The van der Waals surface area contributed by atoms with Crippen molar-refractivity contribution in [1.29, 1.82) is 0 Å². The third kappa shape index (κ3) is 4.09. The summed E-state index contributed by atoms with van der Waals surface area (Å²) in [7, 11) is 0. The molecule has 0 aromatic rings. The highest BCUT2D eigenvalue weighted by molar-refractivity contribution is 5.72. The molecule has 0 aromatic carbocycles. The Hall–Kier alpha value is -0.860. The Morgan fingerprint density at radius 1 is 1.09 bits per heavy atom. The highest BCUT2D eigenvalue weighted by Crippen LogP contribution is 2.67. The SMILES string of the molecule is CC(C)CCC[C@@H](C)[C@H]1CC[C@H]2[C@@H]3CC=C4C[C@@H](C(F)C(=O)O)CC[C@]4(C)[C@H]3CC[C@]12C. The number of carboxylic acid groups (broad SMARTS) is 1. The van der Waals surface area contributed by atoms with Crippen LogP contribution in [0, 0.1) is 52.3 Å². The molecule has 0 amide bonds. The summed E-state index contributed by atoms with van der Waals surface area (Å²) in [5, 5.41) is 9.17. The number of hydrogen-bond donors (Lipinski definition) is 1. The van der Waals surface area contributed by atoms with Crippen molar-refractivity contribution < 1.29 is 14.3 Å². The number of carbonyl (C=O) groups is 1. The topological polar surface area (TPSA) is 37.3 Å². The standard InChI is InChI=1S/C29H47FO2/c1-18(2)7-6-8-19(3)23-11-12-24-22-10-9-21-17-20(26(30)27(31)32)13-15-28(21,4)25(22)14-16-29(23,24)5/h9,18-20,22-26H,6-8,10-17H2,1-5H3,(H,31,32)/t19-,20+,22+,23-,24+,25+,26?,28+,29-/m1/s1. The van der Waals surface area contributed by atoms with Gasteiger partial charge >= 0.3 is 5.97 Å². The van der Waals surface area contributed by atoms with E-state index >= 15 is 0 Å². The number of alkyl halides is 1. The van der Waals surface area contributed by atoms with Gasteiger partial charge in [0.2, 0.25) is 0 Å². The highest BCUT2D eigenvalue weighted by atomic mass is 19.1. The van der Waals surface area contributed by atoms with Gasteiger partial charge in [-0.2, -0.15) is 0 Å². The van der Waals surface area contributed by atoms with E-state index in [1.54, 1.807) is 0 Å². The molecule has 0 aliphatic heterocycles. The molecule has 0 aromatic heterocycles. The molecule has 1 N–H and O–H groups in total. The number of hydrogen-bond acceptors (Lipinski definition) is 1. The molecule has 3 heteroatoms. The monoisotopic (exact) mass is 446 g/mol. The van der Waals surface area contributed by atoms with Gasteiger partial charge in [-0.25, -0.2) is 9.18 Å². The molecule has 1 unspecified atom stereocenters. The Bertz CT molecular complexity index is 729. The minimum atomic E-state index is -1.71. The van der Waals surface area contributed by atoms with Crippen LogP contribution in [0.2, 0.25) is 0 Å². The summed E-state index contributed by atoms with van der Waals surface area (Å²) in [6, 6.07) is 0. The van der Waals surface area contributed by atoms with Gasteiger partial charge in [0.25, 0.3) is 0 Å². The van der Waals surface area contributed by atoms with E-state index in [1.165, 1.54) is 50.5 Å². The Labute approximate surface area is 195 Å². The lowest BCUT2D eigenvalue weighted by atomic mass is 9.46. The fraction of sp³-hybridized carbons (Fsp3) is 0.897. The molecular formula is C29H47FO2. The van der Waals surface area contributed by atoms with Crippen LogP contribution in [0.4, 0.5) is 4.39 Å². The van der Waals surface area contributed by atoms with Gasteiger partial charge in [-0.1, -0.05) is 65.5 Å². The predicted molar refractivity (Wildman–Crippen MR) is 129 cm³/mol. The van der Waals surface area contributed by atoms with Crippen LogP contribution >= 0.6 is 0 Å². The third-order valence-corrected chi connectivity index (χ3v) is 11.0. The number of halogens is 1. The van der Waals surface area contributed by atoms with Crippen LogP contribution < -0.4 is 0 Å². The lowest BCUT2D eigenvalue weighted by molar-refractivity contribution is -0.145. The van der Waals surface area contributed by atoms with Crippen LogP contribution in [0.25, 0.3) is 0 Å². The van der Waals surface area contributed by atoms with E-state index in [-0.39, 0.29) is 11.3 Å². The van der Waals surface area contributed by atoms with Gasteiger partial charge in [0.15, 0.2) is 6.17 Å².